The Bertz CT molecular complexity index is 4900. The van der Waals surface area contributed by atoms with Gasteiger partial charge in [-0.05, 0) is 120 Å². The second kappa shape index (κ2) is 19.2. The maximum Gasteiger partial charge on any atom is 0.179 e. The molecule has 83 heavy (non-hydrogen) atoms. The molecule has 15 rings (SSSR count). The number of benzene rings is 11. The van der Waals surface area contributed by atoms with Gasteiger partial charge in [0.2, 0.25) is 0 Å². The van der Waals surface area contributed by atoms with Crippen LogP contribution in [0.15, 0.2) is 261 Å². The van der Waals surface area contributed by atoms with Crippen LogP contribution in [0.4, 0.5) is 0 Å². The van der Waals surface area contributed by atoms with E-state index in [1.165, 1.54) is 64.5 Å². The Morgan fingerprint density at radius 2 is 0.747 bits per heavy atom. The van der Waals surface area contributed by atoms with E-state index in [0.717, 1.165) is 60.3 Å². The van der Waals surface area contributed by atoms with Gasteiger partial charge in [0, 0.05) is 54.6 Å². The molecule has 0 aliphatic rings. The van der Waals surface area contributed by atoms with E-state index in [2.05, 4.69) is 312 Å². The molecular formula is C77H61N5Si. The van der Waals surface area contributed by atoms with Crippen molar-refractivity contribution in [3.63, 3.8) is 0 Å². The zero-order chi connectivity index (χ0) is 56.2. The predicted molar refractivity (Wildman–Crippen MR) is 354 cm³/mol. The van der Waals surface area contributed by atoms with Crippen LogP contribution in [0, 0.1) is 0 Å². The van der Waals surface area contributed by atoms with Crippen molar-refractivity contribution in [3.05, 3.63) is 272 Å². The van der Waals surface area contributed by atoms with E-state index in [4.69, 9.17) is 15.0 Å². The zero-order valence-corrected chi connectivity index (χ0v) is 48.6. The van der Waals surface area contributed by atoms with Crippen molar-refractivity contribution in [3.8, 4) is 22.8 Å². The Morgan fingerprint density at radius 1 is 0.301 bits per heavy atom. The molecule has 5 nitrogen and oxygen atoms in total. The minimum Gasteiger partial charge on any atom is -0.309 e. The summed E-state index contributed by atoms with van der Waals surface area (Å²) in [5.41, 5.74) is 11.7. The molecule has 0 saturated carbocycles. The number of aromatic nitrogens is 5. The Morgan fingerprint density at radius 3 is 1.27 bits per heavy atom. The third-order valence-corrected chi connectivity index (χ3v) is 22.2. The topological polar surface area (TPSA) is 48.5 Å². The molecule has 6 heteroatoms. The second-order valence-electron chi connectivity index (χ2n) is 24.4. The highest BCUT2D eigenvalue weighted by molar-refractivity contribution is 7.19. The molecule has 11 aromatic carbocycles. The lowest BCUT2D eigenvalue weighted by molar-refractivity contribution is 0.590. The van der Waals surface area contributed by atoms with Gasteiger partial charge >= 0.3 is 0 Å². The van der Waals surface area contributed by atoms with E-state index in [1.807, 2.05) is 0 Å². The fourth-order valence-corrected chi connectivity index (χ4v) is 18.0. The maximum atomic E-state index is 5.48. The number of para-hydroxylation sites is 1. The Hall–Kier alpha value is -9.75. The van der Waals surface area contributed by atoms with E-state index >= 15 is 0 Å². The molecule has 0 aliphatic heterocycles. The Kier molecular flexibility index (Phi) is 11.6. The lowest BCUT2D eigenvalue weighted by atomic mass is 9.85. The van der Waals surface area contributed by atoms with Crippen molar-refractivity contribution in [2.75, 3.05) is 0 Å². The summed E-state index contributed by atoms with van der Waals surface area (Å²) in [6.45, 7) is 13.8. The minimum atomic E-state index is -2.77. The van der Waals surface area contributed by atoms with Gasteiger partial charge in [0.05, 0.1) is 22.1 Å². The molecule has 0 fully saturated rings. The first-order valence-electron chi connectivity index (χ1n) is 28.9. The number of hydrogen-bond acceptors (Lipinski definition) is 3. The average molecular weight is 1080 g/mol. The molecule has 4 heterocycles. The van der Waals surface area contributed by atoms with Gasteiger partial charge in [-0.2, -0.15) is 0 Å². The highest BCUT2D eigenvalue weighted by atomic mass is 28.3. The Labute approximate surface area is 484 Å². The predicted octanol–water partition coefficient (Wildman–Crippen LogP) is 16.9. The van der Waals surface area contributed by atoms with Gasteiger partial charge in [-0.1, -0.05) is 242 Å². The summed E-state index contributed by atoms with van der Waals surface area (Å²) >= 11 is 0. The summed E-state index contributed by atoms with van der Waals surface area (Å²) < 4.78 is 4.97. The van der Waals surface area contributed by atoms with Crippen LogP contribution in [0.25, 0.3) is 110 Å². The molecule has 0 aliphatic carbocycles. The van der Waals surface area contributed by atoms with Crippen LogP contribution in [0.2, 0.25) is 0 Å². The lowest BCUT2D eigenvalue weighted by Crippen LogP contribution is -2.74. The first-order valence-corrected chi connectivity index (χ1v) is 30.9. The minimum absolute atomic E-state index is 0.000716. The molecule has 0 unspecified atom stereocenters. The molecule has 0 saturated heterocycles. The van der Waals surface area contributed by atoms with Crippen molar-refractivity contribution in [1.29, 1.82) is 0 Å². The van der Waals surface area contributed by atoms with E-state index < -0.39 is 8.07 Å². The number of fused-ring (bicyclic) bond motifs is 17. The Balaban J connectivity index is 0.995. The van der Waals surface area contributed by atoms with Gasteiger partial charge < -0.3 is 9.13 Å². The largest absolute Gasteiger partial charge is 0.309 e. The highest BCUT2D eigenvalue weighted by Gasteiger charge is 2.41. The third-order valence-electron chi connectivity index (χ3n) is 17.4. The van der Waals surface area contributed by atoms with Crippen LogP contribution in [0.1, 0.15) is 52.7 Å². The summed E-state index contributed by atoms with van der Waals surface area (Å²) in [6.07, 6.45) is 0. The fourth-order valence-electron chi connectivity index (χ4n) is 13.2. The van der Waals surface area contributed by atoms with Crippen LogP contribution in [-0.4, -0.2) is 32.2 Å². The van der Waals surface area contributed by atoms with Crippen molar-refractivity contribution in [2.45, 2.75) is 52.4 Å². The van der Waals surface area contributed by atoms with Gasteiger partial charge in [0.1, 0.15) is 0 Å². The van der Waals surface area contributed by atoms with Crippen molar-refractivity contribution in [1.82, 2.24) is 24.1 Å². The summed E-state index contributed by atoms with van der Waals surface area (Å²) in [4.78, 5) is 16.3. The summed E-state index contributed by atoms with van der Waals surface area (Å²) in [5.74, 6) is 0.627. The SMILES string of the molecule is CC(C)(C)c1ccc2c(c1)c1cc(C(C)(C)C)ccc1n2-c1ccc2c3cc4cc(c5ccccc5c5nc(-c6ccc([Si](c7ccccc7)(c7ccccc7)c7ccccc7)cc6)nc(n5)c5ccccc45)c3n(-c3ccccc3)c2c1. The molecule has 4 aromatic heterocycles. The molecule has 0 spiro atoms. The standard InChI is InChI=1S/C77H61N5Si/c1-76(2,3)52-37-43-69-65(47-52)66-48-53(77(4,5)6)38-44-70(66)81(69)55-39-42-62-68-46-51-45-67(72(68)82(71(62)49-55)54-23-11-7-12-24-54)61-32-20-22-34-64(61)75-79-73(78-74(80-75)63-33-21-19-31-60(51)63)50-35-40-59(41-36-50)83(56-25-13-8-14-26-56,57-27-15-9-16-28-57)58-29-17-10-18-30-58/h7-49H,1-6H3. The molecule has 0 atom stereocenters. The van der Waals surface area contributed by atoms with Crippen LogP contribution >= 0.6 is 0 Å². The van der Waals surface area contributed by atoms with E-state index in [1.54, 1.807) is 0 Å². The molecular weight excluding hydrogens is 1020 g/mol. The van der Waals surface area contributed by atoms with Crippen molar-refractivity contribution < 1.29 is 0 Å². The molecule has 4 bridgehead atoms. The normalized spacial score (nSPS) is 12.5. The van der Waals surface area contributed by atoms with E-state index in [0.29, 0.717) is 17.1 Å². The van der Waals surface area contributed by atoms with Crippen LogP contribution in [0.3, 0.4) is 0 Å². The zero-order valence-electron chi connectivity index (χ0n) is 47.6. The van der Waals surface area contributed by atoms with Crippen molar-refractivity contribution >= 4 is 116 Å². The number of rotatable bonds is 7. The van der Waals surface area contributed by atoms with Crippen LogP contribution < -0.4 is 20.7 Å². The molecule has 0 radical (unpaired) electrons. The molecule has 15 aromatic rings. The third kappa shape index (κ3) is 8.14. The first-order chi connectivity index (χ1) is 40.4. The van der Waals surface area contributed by atoms with E-state index in [-0.39, 0.29) is 10.8 Å². The van der Waals surface area contributed by atoms with Gasteiger partial charge in [0.15, 0.2) is 25.2 Å². The van der Waals surface area contributed by atoms with E-state index in [9.17, 15) is 0 Å². The summed E-state index contributed by atoms with van der Waals surface area (Å²) in [5, 5.41) is 16.3. The second-order valence-corrected chi connectivity index (χ2v) is 28.2. The van der Waals surface area contributed by atoms with Gasteiger partial charge in [-0.15, -0.1) is 0 Å². The van der Waals surface area contributed by atoms with Gasteiger partial charge in [-0.3, -0.25) is 0 Å². The van der Waals surface area contributed by atoms with Crippen molar-refractivity contribution in [2.24, 2.45) is 0 Å². The molecule has 0 N–H and O–H groups in total. The summed E-state index contributed by atoms with van der Waals surface area (Å²) in [7, 11) is -2.77. The smallest absolute Gasteiger partial charge is 0.179 e. The monoisotopic (exact) mass is 1080 g/mol. The highest BCUT2D eigenvalue weighted by Crippen LogP contribution is 2.43. The number of nitrogens with zero attached hydrogens (tertiary/aromatic N) is 5. The van der Waals surface area contributed by atoms with Crippen LogP contribution in [-0.2, 0) is 10.8 Å². The molecule has 398 valence electrons. The van der Waals surface area contributed by atoms with Crippen LogP contribution in [0.5, 0.6) is 0 Å². The quantitative estimate of drug-likeness (QED) is 0.118. The lowest BCUT2D eigenvalue weighted by Gasteiger charge is -2.34. The first kappa shape index (κ1) is 50.2. The molecule has 0 amide bonds. The number of hydrogen-bond donors (Lipinski definition) is 0. The van der Waals surface area contributed by atoms with Gasteiger partial charge in [-0.25, -0.2) is 15.0 Å². The maximum absolute atomic E-state index is 5.48. The fraction of sp³-hybridized carbons (Fsp3) is 0.104. The average Bonchev–Trinajstić information content (AvgIpc) is 2.98. The summed E-state index contributed by atoms with van der Waals surface area (Å²) in [6, 6.07) is 96.5. The van der Waals surface area contributed by atoms with Gasteiger partial charge in [0.25, 0.3) is 0 Å².